The van der Waals surface area contributed by atoms with Crippen molar-refractivity contribution in [3.63, 3.8) is 0 Å². The van der Waals surface area contributed by atoms with Gasteiger partial charge in [-0.1, -0.05) is 5.16 Å². The summed E-state index contributed by atoms with van der Waals surface area (Å²) >= 11 is 0. The van der Waals surface area contributed by atoms with Crippen LogP contribution in [0, 0.1) is 0 Å². The highest BCUT2D eigenvalue weighted by Gasteiger charge is 2.11. The van der Waals surface area contributed by atoms with Crippen LogP contribution in [-0.4, -0.2) is 19.4 Å². The predicted molar refractivity (Wildman–Crippen MR) is 59.5 cm³/mol. The summed E-state index contributed by atoms with van der Waals surface area (Å²) in [6.07, 6.45) is 1.46. The number of aromatic nitrogens is 1. The molecule has 0 amide bonds. The summed E-state index contributed by atoms with van der Waals surface area (Å²) in [5.74, 6) is 1.81. The van der Waals surface area contributed by atoms with Crippen LogP contribution in [0.1, 0.15) is 0 Å². The second kappa shape index (κ2) is 4.14. The number of nitrogens with two attached hydrogens (primary N) is 1. The molecule has 0 spiro atoms. The van der Waals surface area contributed by atoms with E-state index in [0.29, 0.717) is 22.9 Å². The molecule has 0 aliphatic carbocycles. The van der Waals surface area contributed by atoms with Crippen molar-refractivity contribution in [3.05, 3.63) is 24.4 Å². The number of hydrogen-bond donors (Lipinski definition) is 1. The van der Waals surface area contributed by atoms with Crippen molar-refractivity contribution in [3.8, 4) is 22.8 Å². The van der Waals surface area contributed by atoms with Crippen molar-refractivity contribution in [1.29, 1.82) is 0 Å². The third kappa shape index (κ3) is 1.67. The zero-order chi connectivity index (χ0) is 11.5. The minimum absolute atomic E-state index is 0.493. The van der Waals surface area contributed by atoms with Crippen LogP contribution in [0.15, 0.2) is 28.9 Å². The van der Waals surface area contributed by atoms with Crippen LogP contribution in [0.5, 0.6) is 11.5 Å². The molecule has 84 valence electrons. The fourth-order valence-corrected chi connectivity index (χ4v) is 1.44. The molecule has 0 unspecified atom stereocenters. The molecule has 0 radical (unpaired) electrons. The summed E-state index contributed by atoms with van der Waals surface area (Å²) in [4.78, 5) is 0. The van der Waals surface area contributed by atoms with Crippen LogP contribution in [0.2, 0.25) is 0 Å². The molecule has 0 aliphatic heterocycles. The predicted octanol–water partition coefficient (Wildman–Crippen LogP) is 1.94. The van der Waals surface area contributed by atoms with Crippen molar-refractivity contribution < 1.29 is 14.0 Å². The summed E-state index contributed by atoms with van der Waals surface area (Å²) in [7, 11) is 3.16. The lowest BCUT2D eigenvalue weighted by atomic mass is 10.1. The van der Waals surface area contributed by atoms with E-state index in [1.165, 1.54) is 6.20 Å². The Kier molecular flexibility index (Phi) is 2.68. The van der Waals surface area contributed by atoms with E-state index in [9.17, 15) is 0 Å². The number of benzene rings is 1. The van der Waals surface area contributed by atoms with E-state index in [2.05, 4.69) is 5.16 Å². The van der Waals surface area contributed by atoms with Crippen LogP contribution in [0.25, 0.3) is 11.3 Å². The maximum atomic E-state index is 5.71. The van der Waals surface area contributed by atoms with Crippen molar-refractivity contribution in [1.82, 2.24) is 5.16 Å². The molecule has 0 saturated heterocycles. The Morgan fingerprint density at radius 2 is 1.94 bits per heavy atom. The molecule has 16 heavy (non-hydrogen) atoms. The Morgan fingerprint density at radius 1 is 1.19 bits per heavy atom. The van der Waals surface area contributed by atoms with Gasteiger partial charge in [-0.2, -0.15) is 0 Å². The zero-order valence-electron chi connectivity index (χ0n) is 9.06. The summed E-state index contributed by atoms with van der Waals surface area (Å²) in [5, 5.41) is 3.62. The van der Waals surface area contributed by atoms with Gasteiger partial charge in [-0.25, -0.2) is 0 Å². The average Bonchev–Trinajstić information content (AvgIpc) is 2.74. The lowest BCUT2D eigenvalue weighted by molar-refractivity contribution is 0.355. The highest BCUT2D eigenvalue weighted by atomic mass is 16.5. The molecule has 0 aliphatic rings. The van der Waals surface area contributed by atoms with Gasteiger partial charge in [-0.3, -0.25) is 0 Å². The standard InChI is InChI=1S/C11H12N2O3/c1-14-9-4-3-7(5-10(9)15-2)11-8(12)6-13-16-11/h3-6H,12H2,1-2H3. The summed E-state index contributed by atoms with van der Waals surface area (Å²) < 4.78 is 15.4. The van der Waals surface area contributed by atoms with Crippen molar-refractivity contribution in [2.75, 3.05) is 20.0 Å². The second-order valence-corrected chi connectivity index (χ2v) is 3.18. The highest BCUT2D eigenvalue weighted by molar-refractivity contribution is 5.72. The van der Waals surface area contributed by atoms with Gasteiger partial charge in [-0.05, 0) is 18.2 Å². The Morgan fingerprint density at radius 3 is 2.50 bits per heavy atom. The topological polar surface area (TPSA) is 70.5 Å². The number of nitrogen functional groups attached to an aromatic ring is 1. The van der Waals surface area contributed by atoms with Crippen LogP contribution in [0.3, 0.4) is 0 Å². The minimum Gasteiger partial charge on any atom is -0.493 e. The molecule has 5 heteroatoms. The Bertz CT molecular complexity index is 494. The van der Waals surface area contributed by atoms with E-state index in [1.807, 2.05) is 6.07 Å². The highest BCUT2D eigenvalue weighted by Crippen LogP contribution is 2.34. The van der Waals surface area contributed by atoms with Gasteiger partial charge in [0.25, 0.3) is 0 Å². The maximum Gasteiger partial charge on any atom is 0.189 e. The van der Waals surface area contributed by atoms with Gasteiger partial charge in [0.15, 0.2) is 17.3 Å². The largest absolute Gasteiger partial charge is 0.493 e. The summed E-state index contributed by atoms with van der Waals surface area (Å²) in [6.45, 7) is 0. The lowest BCUT2D eigenvalue weighted by Gasteiger charge is -2.08. The smallest absolute Gasteiger partial charge is 0.189 e. The normalized spacial score (nSPS) is 10.1. The minimum atomic E-state index is 0.493. The van der Waals surface area contributed by atoms with Crippen molar-refractivity contribution in [2.24, 2.45) is 0 Å². The number of anilines is 1. The van der Waals surface area contributed by atoms with Gasteiger partial charge in [0.2, 0.25) is 0 Å². The third-order valence-electron chi connectivity index (χ3n) is 2.24. The molecule has 0 bridgehead atoms. The molecule has 5 nitrogen and oxygen atoms in total. The number of rotatable bonds is 3. The van der Waals surface area contributed by atoms with E-state index in [1.54, 1.807) is 26.4 Å². The number of ether oxygens (including phenoxy) is 2. The van der Waals surface area contributed by atoms with Gasteiger partial charge in [0.05, 0.1) is 20.4 Å². The Hall–Kier alpha value is -2.17. The van der Waals surface area contributed by atoms with Gasteiger partial charge in [-0.15, -0.1) is 0 Å². The number of methoxy groups -OCH3 is 2. The van der Waals surface area contributed by atoms with Crippen LogP contribution in [-0.2, 0) is 0 Å². The van der Waals surface area contributed by atoms with Gasteiger partial charge >= 0.3 is 0 Å². The van der Waals surface area contributed by atoms with Crippen LogP contribution >= 0.6 is 0 Å². The van der Waals surface area contributed by atoms with Gasteiger partial charge in [0.1, 0.15) is 5.69 Å². The van der Waals surface area contributed by atoms with E-state index >= 15 is 0 Å². The fourth-order valence-electron chi connectivity index (χ4n) is 1.44. The van der Waals surface area contributed by atoms with E-state index < -0.39 is 0 Å². The molecular formula is C11H12N2O3. The summed E-state index contributed by atoms with van der Waals surface area (Å²) in [6, 6.07) is 5.41. The Labute approximate surface area is 92.8 Å². The first-order valence-corrected chi connectivity index (χ1v) is 4.69. The first-order chi connectivity index (χ1) is 7.76. The van der Waals surface area contributed by atoms with Crippen LogP contribution < -0.4 is 15.2 Å². The Balaban J connectivity index is 2.48. The van der Waals surface area contributed by atoms with Gasteiger partial charge < -0.3 is 19.7 Å². The molecule has 1 aromatic heterocycles. The maximum absolute atomic E-state index is 5.71. The zero-order valence-corrected chi connectivity index (χ0v) is 9.06. The summed E-state index contributed by atoms with van der Waals surface area (Å²) in [5.41, 5.74) is 7.00. The molecule has 1 aromatic carbocycles. The second-order valence-electron chi connectivity index (χ2n) is 3.18. The van der Waals surface area contributed by atoms with Crippen molar-refractivity contribution in [2.45, 2.75) is 0 Å². The molecular weight excluding hydrogens is 208 g/mol. The molecule has 2 rings (SSSR count). The third-order valence-corrected chi connectivity index (χ3v) is 2.24. The fraction of sp³-hybridized carbons (Fsp3) is 0.182. The van der Waals surface area contributed by atoms with E-state index in [0.717, 1.165) is 5.56 Å². The first kappa shape index (κ1) is 10.4. The number of hydrogen-bond acceptors (Lipinski definition) is 5. The molecule has 0 saturated carbocycles. The molecule has 1 heterocycles. The first-order valence-electron chi connectivity index (χ1n) is 4.69. The van der Waals surface area contributed by atoms with E-state index in [-0.39, 0.29) is 0 Å². The quantitative estimate of drug-likeness (QED) is 0.855. The lowest BCUT2D eigenvalue weighted by Crippen LogP contribution is -1.91. The van der Waals surface area contributed by atoms with E-state index in [4.69, 9.17) is 19.7 Å². The van der Waals surface area contributed by atoms with Crippen molar-refractivity contribution >= 4 is 5.69 Å². The van der Waals surface area contributed by atoms with Crippen LogP contribution in [0.4, 0.5) is 5.69 Å². The SMILES string of the molecule is COc1ccc(-c2oncc2N)cc1OC. The average molecular weight is 220 g/mol. The molecule has 0 fully saturated rings. The molecule has 0 atom stereocenters. The van der Waals surface area contributed by atoms with Gasteiger partial charge in [0, 0.05) is 5.56 Å². The molecule has 2 N–H and O–H groups in total. The number of nitrogens with zero attached hydrogens (tertiary/aromatic N) is 1. The monoisotopic (exact) mass is 220 g/mol. The molecule has 2 aromatic rings.